The van der Waals surface area contributed by atoms with Crippen molar-refractivity contribution in [3.63, 3.8) is 0 Å². The second-order valence-corrected chi connectivity index (χ2v) is 6.33. The van der Waals surface area contributed by atoms with Crippen molar-refractivity contribution in [2.45, 2.75) is 11.5 Å². The molecule has 0 bridgehead atoms. The molecular formula is C19H14O3S. The van der Waals surface area contributed by atoms with E-state index in [1.54, 1.807) is 24.1 Å². The Morgan fingerprint density at radius 3 is 2.70 bits per heavy atom. The molecule has 2 heterocycles. The molecule has 0 radical (unpaired) electrons. The van der Waals surface area contributed by atoms with Gasteiger partial charge in [-0.15, -0.1) is 0 Å². The molecule has 3 nitrogen and oxygen atoms in total. The number of benzene rings is 2. The Labute approximate surface area is 137 Å². The number of rotatable bonds is 2. The molecule has 0 saturated heterocycles. The number of para-hydroxylation sites is 2. The molecule has 0 saturated carbocycles. The largest absolute Gasteiger partial charge is 0.465 e. The summed E-state index contributed by atoms with van der Waals surface area (Å²) in [6.07, 6.45) is 2.47. The van der Waals surface area contributed by atoms with Gasteiger partial charge in [0.25, 0.3) is 0 Å². The third-order valence-corrected chi connectivity index (χ3v) is 4.73. The van der Waals surface area contributed by atoms with Gasteiger partial charge in [-0.1, -0.05) is 42.1 Å². The fraction of sp³-hybridized carbons (Fsp3) is 0.105. The maximum absolute atomic E-state index is 12.8. The van der Waals surface area contributed by atoms with Gasteiger partial charge in [0.05, 0.1) is 17.2 Å². The molecular weight excluding hydrogens is 308 g/mol. The molecule has 114 valence electrons. The predicted molar refractivity (Wildman–Crippen MR) is 92.9 cm³/mol. The van der Waals surface area contributed by atoms with E-state index in [2.05, 4.69) is 0 Å². The van der Waals surface area contributed by atoms with Crippen LogP contribution < -0.4 is 10.2 Å². The molecule has 0 unspecified atom stereocenters. The van der Waals surface area contributed by atoms with E-state index in [9.17, 15) is 4.79 Å². The maximum atomic E-state index is 12.8. The summed E-state index contributed by atoms with van der Waals surface area (Å²) < 4.78 is 11.6. The van der Waals surface area contributed by atoms with Crippen LogP contribution in [0.25, 0.3) is 16.5 Å². The summed E-state index contributed by atoms with van der Waals surface area (Å²) >= 11 is 1.58. The van der Waals surface area contributed by atoms with Crippen LogP contribution in [-0.2, 0) is 0 Å². The van der Waals surface area contributed by atoms with Gasteiger partial charge in [0, 0.05) is 11.3 Å². The lowest BCUT2D eigenvalue weighted by Crippen LogP contribution is -2.14. The maximum Gasteiger partial charge on any atom is 0.201 e. The van der Waals surface area contributed by atoms with Crippen LogP contribution in [0.15, 0.2) is 75.2 Å². The van der Waals surface area contributed by atoms with Crippen LogP contribution in [-0.4, -0.2) is 5.75 Å². The highest BCUT2D eigenvalue weighted by Gasteiger charge is 2.22. The quantitative estimate of drug-likeness (QED) is 0.641. The second-order valence-electron chi connectivity index (χ2n) is 5.26. The summed E-state index contributed by atoms with van der Waals surface area (Å²) in [6, 6.07) is 16.9. The van der Waals surface area contributed by atoms with Crippen LogP contribution in [0.2, 0.25) is 0 Å². The summed E-state index contributed by atoms with van der Waals surface area (Å²) in [5.74, 6) is 1.63. The first-order valence-corrected chi connectivity index (χ1v) is 8.41. The molecule has 4 heteroatoms. The molecule has 0 fully saturated rings. The Bertz CT molecular complexity index is 942. The van der Waals surface area contributed by atoms with E-state index in [1.165, 1.54) is 0 Å². The molecule has 0 atom stereocenters. The van der Waals surface area contributed by atoms with Crippen LogP contribution in [0, 0.1) is 0 Å². The number of hydrogen-bond acceptors (Lipinski definition) is 4. The number of fused-ring (bicyclic) bond motifs is 2. The van der Waals surface area contributed by atoms with Crippen LogP contribution >= 0.6 is 11.8 Å². The van der Waals surface area contributed by atoms with E-state index in [4.69, 9.17) is 9.15 Å². The molecule has 0 N–H and O–H groups in total. The molecule has 1 aliphatic rings. The second kappa shape index (κ2) is 5.97. The lowest BCUT2D eigenvalue weighted by Gasteiger charge is -2.17. The molecule has 0 amide bonds. The number of allylic oxidation sites excluding steroid dienone is 1. The van der Waals surface area contributed by atoms with Gasteiger partial charge < -0.3 is 9.15 Å². The summed E-state index contributed by atoms with van der Waals surface area (Å²) in [5.41, 5.74) is 2.17. The number of ether oxygens (including phenoxy) is 1. The fourth-order valence-electron chi connectivity index (χ4n) is 2.63. The van der Waals surface area contributed by atoms with Crippen LogP contribution in [0.1, 0.15) is 12.0 Å². The van der Waals surface area contributed by atoms with E-state index in [1.807, 2.05) is 48.5 Å². The van der Waals surface area contributed by atoms with E-state index >= 15 is 0 Å². The van der Waals surface area contributed by atoms with Crippen LogP contribution in [0.3, 0.4) is 0 Å². The first-order valence-electron chi connectivity index (χ1n) is 7.43. The Hall–Kier alpha value is -2.46. The molecule has 4 rings (SSSR count). The molecule has 1 aromatic heterocycles. The lowest BCUT2D eigenvalue weighted by atomic mass is 10.0. The van der Waals surface area contributed by atoms with Crippen molar-refractivity contribution in [2.24, 2.45) is 0 Å². The van der Waals surface area contributed by atoms with Gasteiger partial charge in [0.15, 0.2) is 5.09 Å². The average Bonchev–Trinajstić information content (AvgIpc) is 2.61. The Kier molecular flexibility index (Phi) is 3.67. The Morgan fingerprint density at radius 1 is 1.04 bits per heavy atom. The fourth-order valence-corrected chi connectivity index (χ4v) is 3.66. The van der Waals surface area contributed by atoms with Gasteiger partial charge in [-0.25, -0.2) is 0 Å². The molecule has 0 aliphatic carbocycles. The number of thioether (sulfide) groups is 1. The molecule has 3 aromatic rings. The van der Waals surface area contributed by atoms with Crippen molar-refractivity contribution in [1.82, 2.24) is 0 Å². The highest BCUT2D eigenvalue weighted by molar-refractivity contribution is 7.99. The highest BCUT2D eigenvalue weighted by atomic mass is 32.2. The predicted octanol–water partition coefficient (Wildman–Crippen LogP) is 4.71. The SMILES string of the molecule is O=c1c2c(oc3ccccc13)SCC/C2=C/Oc1ccccc1. The topological polar surface area (TPSA) is 39.4 Å². The van der Waals surface area contributed by atoms with Crippen LogP contribution in [0.4, 0.5) is 0 Å². The van der Waals surface area contributed by atoms with E-state index in [0.717, 1.165) is 23.5 Å². The molecule has 23 heavy (non-hydrogen) atoms. The van der Waals surface area contributed by atoms with Crippen molar-refractivity contribution < 1.29 is 9.15 Å². The summed E-state index contributed by atoms with van der Waals surface area (Å²) in [5, 5.41) is 1.29. The van der Waals surface area contributed by atoms with E-state index in [0.29, 0.717) is 21.6 Å². The van der Waals surface area contributed by atoms with Crippen molar-refractivity contribution in [1.29, 1.82) is 0 Å². The zero-order chi connectivity index (χ0) is 15.6. The van der Waals surface area contributed by atoms with Crippen LogP contribution in [0.5, 0.6) is 5.75 Å². The Balaban J connectivity index is 1.81. The van der Waals surface area contributed by atoms with Crippen molar-refractivity contribution in [3.05, 3.63) is 76.6 Å². The van der Waals surface area contributed by atoms with Crippen molar-refractivity contribution in [3.8, 4) is 5.75 Å². The smallest absolute Gasteiger partial charge is 0.201 e. The minimum atomic E-state index is 0.0111. The third-order valence-electron chi connectivity index (χ3n) is 3.77. The minimum Gasteiger partial charge on any atom is -0.465 e. The standard InChI is InChI=1S/C19H14O3S/c20-18-15-8-4-5-9-16(15)22-19-17(18)13(10-11-23-19)12-21-14-6-2-1-3-7-14/h1-9,12H,10-11H2/b13-12-. The summed E-state index contributed by atoms with van der Waals surface area (Å²) in [4.78, 5) is 12.8. The van der Waals surface area contributed by atoms with Gasteiger partial charge in [-0.2, -0.15) is 0 Å². The normalized spacial score (nSPS) is 15.6. The van der Waals surface area contributed by atoms with Gasteiger partial charge in [0.2, 0.25) is 5.43 Å². The van der Waals surface area contributed by atoms with E-state index < -0.39 is 0 Å². The summed E-state index contributed by atoms with van der Waals surface area (Å²) in [6.45, 7) is 0. The molecule has 0 spiro atoms. The monoisotopic (exact) mass is 322 g/mol. The number of hydrogen-bond donors (Lipinski definition) is 0. The van der Waals surface area contributed by atoms with E-state index in [-0.39, 0.29) is 5.43 Å². The Morgan fingerprint density at radius 2 is 1.83 bits per heavy atom. The first-order chi connectivity index (χ1) is 11.3. The first kappa shape index (κ1) is 14.2. The van der Waals surface area contributed by atoms with Crippen molar-refractivity contribution in [2.75, 3.05) is 5.75 Å². The highest BCUT2D eigenvalue weighted by Crippen LogP contribution is 2.36. The minimum absolute atomic E-state index is 0.0111. The van der Waals surface area contributed by atoms with Gasteiger partial charge in [-0.05, 0) is 30.7 Å². The van der Waals surface area contributed by atoms with Gasteiger partial charge >= 0.3 is 0 Å². The third kappa shape index (κ3) is 2.66. The lowest BCUT2D eigenvalue weighted by molar-refractivity contribution is 0.475. The zero-order valence-electron chi connectivity index (χ0n) is 12.3. The van der Waals surface area contributed by atoms with Gasteiger partial charge in [0.1, 0.15) is 11.3 Å². The van der Waals surface area contributed by atoms with Crippen molar-refractivity contribution >= 4 is 28.3 Å². The summed E-state index contributed by atoms with van der Waals surface area (Å²) in [7, 11) is 0. The average molecular weight is 322 g/mol. The molecule has 1 aliphatic heterocycles. The molecule has 2 aromatic carbocycles. The van der Waals surface area contributed by atoms with Gasteiger partial charge in [-0.3, -0.25) is 4.79 Å². The zero-order valence-corrected chi connectivity index (χ0v) is 13.1.